The molecule has 8 nitrogen and oxygen atoms in total. The Balaban J connectivity index is 1.78. The van der Waals surface area contributed by atoms with Crippen molar-refractivity contribution in [3.8, 4) is 0 Å². The zero-order chi connectivity index (χ0) is 23.5. The Labute approximate surface area is 200 Å². The maximum atomic E-state index is 13.0. The summed E-state index contributed by atoms with van der Waals surface area (Å²) in [5, 5.41) is 2.76. The first kappa shape index (κ1) is 24.8. The Morgan fingerprint density at radius 3 is 2.44 bits per heavy atom. The Morgan fingerprint density at radius 2 is 1.78 bits per heavy atom. The summed E-state index contributed by atoms with van der Waals surface area (Å²) in [5.74, 6) is -1.58. The van der Waals surface area contributed by atoms with Gasteiger partial charge in [0.2, 0.25) is 10.0 Å². The molecule has 3 rings (SSSR count). The number of morpholine rings is 1. The van der Waals surface area contributed by atoms with Gasteiger partial charge in [0.15, 0.2) is 6.10 Å². The quantitative estimate of drug-likeness (QED) is 0.579. The van der Waals surface area contributed by atoms with Crippen molar-refractivity contribution in [2.75, 3.05) is 31.6 Å². The highest BCUT2D eigenvalue weighted by molar-refractivity contribution is 7.89. The van der Waals surface area contributed by atoms with Gasteiger partial charge < -0.3 is 14.8 Å². The van der Waals surface area contributed by atoms with E-state index in [9.17, 15) is 18.0 Å². The number of hydrogen-bond donors (Lipinski definition) is 1. The second-order valence-electron chi connectivity index (χ2n) is 6.83. The molecule has 0 spiro atoms. The molecule has 1 aliphatic rings. The average Bonchev–Trinajstić information content (AvgIpc) is 2.74. The van der Waals surface area contributed by atoms with Crippen LogP contribution in [-0.4, -0.2) is 57.0 Å². The lowest BCUT2D eigenvalue weighted by atomic mass is 10.2. The first-order valence-corrected chi connectivity index (χ1v) is 12.0. The van der Waals surface area contributed by atoms with Gasteiger partial charge in [0, 0.05) is 23.8 Å². The number of rotatable bonds is 6. The number of nitrogens with one attached hydrogen (secondary N) is 1. The van der Waals surface area contributed by atoms with E-state index in [1.165, 1.54) is 17.3 Å². The second kappa shape index (κ2) is 10.4. The van der Waals surface area contributed by atoms with Gasteiger partial charge in [0.25, 0.3) is 5.91 Å². The fourth-order valence-electron chi connectivity index (χ4n) is 2.90. The third kappa shape index (κ3) is 5.72. The van der Waals surface area contributed by atoms with Crippen molar-refractivity contribution in [2.45, 2.75) is 17.9 Å². The summed E-state index contributed by atoms with van der Waals surface area (Å²) in [5.41, 5.74) is 0.194. The molecule has 1 aliphatic heterocycles. The second-order valence-corrected chi connectivity index (χ2v) is 9.98. The van der Waals surface area contributed by atoms with Crippen LogP contribution in [0, 0.1) is 0 Å². The number of anilines is 1. The van der Waals surface area contributed by atoms with E-state index in [1.54, 1.807) is 18.2 Å². The number of esters is 1. The topological polar surface area (TPSA) is 102 Å². The van der Waals surface area contributed by atoms with Crippen LogP contribution in [0.3, 0.4) is 0 Å². The summed E-state index contributed by atoms with van der Waals surface area (Å²) in [6, 6.07) is 8.66. The number of halogens is 3. The molecule has 2 aromatic rings. The first-order valence-electron chi connectivity index (χ1n) is 9.44. The third-order valence-electron chi connectivity index (χ3n) is 4.57. The number of amides is 1. The molecule has 2 aromatic carbocycles. The molecule has 0 saturated carbocycles. The number of nitrogens with zero attached hydrogens (tertiary/aromatic N) is 1. The lowest BCUT2D eigenvalue weighted by Crippen LogP contribution is -2.40. The fraction of sp³-hybridized carbons (Fsp3) is 0.300. The normalized spacial score (nSPS) is 15.8. The van der Waals surface area contributed by atoms with Crippen LogP contribution in [-0.2, 0) is 24.3 Å². The molecule has 1 unspecified atom stereocenters. The number of carbonyl (C=O) groups excluding carboxylic acids is 2. The Hall–Kier alpha value is -1.88. The summed E-state index contributed by atoms with van der Waals surface area (Å²) < 4.78 is 37.5. The molecule has 1 fully saturated rings. The SMILES string of the molecule is CC(OC(=O)c1cc(S(=O)(=O)N2CCOCC2)c(Cl)cc1Cl)C(=O)Nc1cccc(Cl)c1. The van der Waals surface area contributed by atoms with E-state index < -0.39 is 28.0 Å². The number of carbonyl (C=O) groups is 2. The van der Waals surface area contributed by atoms with Crippen molar-refractivity contribution in [3.63, 3.8) is 0 Å². The van der Waals surface area contributed by atoms with Crippen molar-refractivity contribution < 1.29 is 27.5 Å². The smallest absolute Gasteiger partial charge is 0.340 e. The van der Waals surface area contributed by atoms with E-state index in [0.717, 1.165) is 12.1 Å². The molecule has 32 heavy (non-hydrogen) atoms. The minimum atomic E-state index is -3.99. The number of benzene rings is 2. The largest absolute Gasteiger partial charge is 0.449 e. The van der Waals surface area contributed by atoms with Gasteiger partial charge in [0.1, 0.15) is 4.90 Å². The zero-order valence-electron chi connectivity index (χ0n) is 16.8. The average molecular weight is 522 g/mol. The summed E-state index contributed by atoms with van der Waals surface area (Å²) in [6.07, 6.45) is -1.20. The fourth-order valence-corrected chi connectivity index (χ4v) is 5.32. The van der Waals surface area contributed by atoms with E-state index in [0.29, 0.717) is 10.7 Å². The minimum Gasteiger partial charge on any atom is -0.449 e. The van der Waals surface area contributed by atoms with E-state index >= 15 is 0 Å². The third-order valence-corrected chi connectivity index (χ3v) is 7.49. The van der Waals surface area contributed by atoms with Crippen molar-refractivity contribution >= 4 is 62.4 Å². The maximum absolute atomic E-state index is 13.0. The Morgan fingerprint density at radius 1 is 1.09 bits per heavy atom. The lowest BCUT2D eigenvalue weighted by molar-refractivity contribution is -0.123. The van der Waals surface area contributed by atoms with Gasteiger partial charge in [-0.2, -0.15) is 4.31 Å². The molecule has 1 amide bonds. The molecule has 1 heterocycles. The molecular weight excluding hydrogens is 503 g/mol. The van der Waals surface area contributed by atoms with Crippen LogP contribution < -0.4 is 5.32 Å². The van der Waals surface area contributed by atoms with E-state index in [4.69, 9.17) is 44.3 Å². The highest BCUT2D eigenvalue weighted by Gasteiger charge is 2.31. The van der Waals surface area contributed by atoms with Crippen molar-refractivity contribution in [3.05, 3.63) is 57.0 Å². The van der Waals surface area contributed by atoms with E-state index in [1.807, 2.05) is 0 Å². The predicted molar refractivity (Wildman–Crippen MR) is 121 cm³/mol. The molecule has 0 radical (unpaired) electrons. The molecule has 172 valence electrons. The van der Waals surface area contributed by atoms with Gasteiger partial charge in [-0.15, -0.1) is 0 Å². The maximum Gasteiger partial charge on any atom is 0.340 e. The minimum absolute atomic E-state index is 0.108. The van der Waals surface area contributed by atoms with E-state index in [2.05, 4.69) is 5.32 Å². The predicted octanol–water partition coefficient (Wildman–Crippen LogP) is 3.85. The van der Waals surface area contributed by atoms with Gasteiger partial charge in [-0.3, -0.25) is 4.79 Å². The molecule has 1 N–H and O–H groups in total. The van der Waals surface area contributed by atoms with Gasteiger partial charge in [-0.05, 0) is 37.3 Å². The highest BCUT2D eigenvalue weighted by atomic mass is 35.5. The lowest BCUT2D eigenvalue weighted by Gasteiger charge is -2.26. The molecule has 0 aromatic heterocycles. The Bertz CT molecular complexity index is 1140. The number of sulfonamides is 1. The van der Waals surface area contributed by atoms with Crippen molar-refractivity contribution in [1.29, 1.82) is 0 Å². The molecule has 1 atom stereocenters. The van der Waals surface area contributed by atoms with Crippen LogP contribution in [0.15, 0.2) is 41.3 Å². The molecule has 0 aliphatic carbocycles. The number of ether oxygens (including phenoxy) is 2. The van der Waals surface area contributed by atoms with Gasteiger partial charge in [-0.1, -0.05) is 40.9 Å². The molecule has 0 bridgehead atoms. The van der Waals surface area contributed by atoms with Crippen LogP contribution >= 0.6 is 34.8 Å². The van der Waals surface area contributed by atoms with Crippen LogP contribution in [0.4, 0.5) is 5.69 Å². The van der Waals surface area contributed by atoms with Gasteiger partial charge >= 0.3 is 5.97 Å². The summed E-state index contributed by atoms with van der Waals surface area (Å²) in [4.78, 5) is 24.8. The van der Waals surface area contributed by atoms with Crippen molar-refractivity contribution in [2.24, 2.45) is 0 Å². The molecule has 1 saturated heterocycles. The Kier molecular flexibility index (Phi) is 8.02. The molecule has 12 heteroatoms. The summed E-state index contributed by atoms with van der Waals surface area (Å²) >= 11 is 18.1. The zero-order valence-corrected chi connectivity index (χ0v) is 19.9. The van der Waals surface area contributed by atoms with Crippen LogP contribution in [0.5, 0.6) is 0 Å². The van der Waals surface area contributed by atoms with Gasteiger partial charge in [0.05, 0.1) is 28.8 Å². The standard InChI is InChI=1S/C20H19Cl3N2O6S/c1-12(19(26)24-14-4-2-3-13(21)9-14)31-20(27)15-10-18(17(23)11-16(15)22)32(28,29)25-5-7-30-8-6-25/h2-4,9-12H,5-8H2,1H3,(H,24,26). The highest BCUT2D eigenvalue weighted by Crippen LogP contribution is 2.31. The van der Waals surface area contributed by atoms with Crippen LogP contribution in [0.25, 0.3) is 0 Å². The summed E-state index contributed by atoms with van der Waals surface area (Å²) in [6.45, 7) is 2.17. The van der Waals surface area contributed by atoms with Crippen molar-refractivity contribution in [1.82, 2.24) is 4.31 Å². The van der Waals surface area contributed by atoms with Crippen LogP contribution in [0.1, 0.15) is 17.3 Å². The molecular formula is C20H19Cl3N2O6S. The summed E-state index contributed by atoms with van der Waals surface area (Å²) in [7, 11) is -3.99. The van der Waals surface area contributed by atoms with Crippen LogP contribution in [0.2, 0.25) is 15.1 Å². The van der Waals surface area contributed by atoms with Gasteiger partial charge in [-0.25, -0.2) is 13.2 Å². The first-order chi connectivity index (χ1) is 15.1. The number of hydrogen-bond acceptors (Lipinski definition) is 6. The van der Waals surface area contributed by atoms with E-state index in [-0.39, 0.29) is 46.8 Å². The monoisotopic (exact) mass is 520 g/mol.